The van der Waals surface area contributed by atoms with Gasteiger partial charge in [-0.1, -0.05) is 11.8 Å². The van der Waals surface area contributed by atoms with Gasteiger partial charge in [0.1, 0.15) is 0 Å². The average Bonchev–Trinajstić information content (AvgIpc) is 2.14. The van der Waals surface area contributed by atoms with Crippen LogP contribution >= 0.6 is 11.8 Å². The van der Waals surface area contributed by atoms with Gasteiger partial charge in [0.05, 0.1) is 16.3 Å². The van der Waals surface area contributed by atoms with E-state index in [1.54, 1.807) is 0 Å². The Labute approximate surface area is 87.3 Å². The molecule has 1 heterocycles. The minimum absolute atomic E-state index is 0.0484. The minimum atomic E-state index is -4.43. The van der Waals surface area contributed by atoms with Crippen molar-refractivity contribution in [2.45, 2.75) is 11.2 Å². The predicted molar refractivity (Wildman–Crippen MR) is 47.6 cm³/mol. The van der Waals surface area contributed by atoms with Crippen LogP contribution in [0.1, 0.15) is 5.56 Å². The van der Waals surface area contributed by atoms with Crippen LogP contribution in [-0.2, 0) is 11.0 Å². The maximum Gasteiger partial charge on any atom is 0.416 e. The number of aliphatic carboxylic acids is 1. The fraction of sp³-hybridized carbons (Fsp3) is 0.250. The van der Waals surface area contributed by atoms with E-state index in [0.717, 1.165) is 30.1 Å². The average molecular weight is 237 g/mol. The summed E-state index contributed by atoms with van der Waals surface area (Å²) in [4.78, 5) is 13.8. The minimum Gasteiger partial charge on any atom is -0.481 e. The summed E-state index contributed by atoms with van der Waals surface area (Å²) in [6.45, 7) is 0. The van der Waals surface area contributed by atoms with E-state index < -0.39 is 17.7 Å². The van der Waals surface area contributed by atoms with E-state index in [4.69, 9.17) is 5.11 Å². The summed E-state index contributed by atoms with van der Waals surface area (Å²) in [5.74, 6) is -1.41. The van der Waals surface area contributed by atoms with Gasteiger partial charge in [0, 0.05) is 6.20 Å². The van der Waals surface area contributed by atoms with Crippen LogP contribution in [0.2, 0.25) is 0 Å². The van der Waals surface area contributed by atoms with Crippen molar-refractivity contribution < 1.29 is 23.1 Å². The highest BCUT2D eigenvalue weighted by Crippen LogP contribution is 2.30. The Balaban J connectivity index is 2.79. The second-order valence-corrected chi connectivity index (χ2v) is 3.56. The molecule has 0 unspecified atom stereocenters. The number of halogens is 3. The normalized spacial score (nSPS) is 11.4. The van der Waals surface area contributed by atoms with Gasteiger partial charge < -0.3 is 5.11 Å². The molecule has 0 saturated carbocycles. The molecule has 0 spiro atoms. The molecule has 0 atom stereocenters. The van der Waals surface area contributed by atoms with Crippen molar-refractivity contribution in [1.82, 2.24) is 4.98 Å². The van der Waals surface area contributed by atoms with Crippen molar-refractivity contribution in [2.24, 2.45) is 0 Å². The molecule has 15 heavy (non-hydrogen) atoms. The quantitative estimate of drug-likeness (QED) is 0.819. The Kier molecular flexibility index (Phi) is 3.57. The molecule has 1 aromatic heterocycles. The summed E-state index contributed by atoms with van der Waals surface area (Å²) < 4.78 is 36.6. The van der Waals surface area contributed by atoms with Crippen molar-refractivity contribution in [1.29, 1.82) is 0 Å². The molecule has 0 radical (unpaired) electrons. The fourth-order valence-corrected chi connectivity index (χ4v) is 1.42. The Morgan fingerprint density at radius 3 is 2.73 bits per heavy atom. The first-order chi connectivity index (χ1) is 6.89. The van der Waals surface area contributed by atoms with Crippen LogP contribution in [0.3, 0.4) is 0 Å². The zero-order valence-corrected chi connectivity index (χ0v) is 8.10. The Hall–Kier alpha value is -1.24. The summed E-state index contributed by atoms with van der Waals surface area (Å²) in [7, 11) is 0. The lowest BCUT2D eigenvalue weighted by Crippen LogP contribution is -2.05. The molecule has 0 aromatic carbocycles. The first-order valence-corrected chi connectivity index (χ1v) is 4.76. The van der Waals surface area contributed by atoms with Gasteiger partial charge in [-0.05, 0) is 12.1 Å². The van der Waals surface area contributed by atoms with E-state index in [0.29, 0.717) is 0 Å². The molecule has 0 fully saturated rings. The molecule has 1 aromatic rings. The number of alkyl halides is 3. The predicted octanol–water partition coefficient (Wildman–Crippen LogP) is 2.28. The molecule has 0 aliphatic carbocycles. The van der Waals surface area contributed by atoms with E-state index in [1.165, 1.54) is 0 Å². The van der Waals surface area contributed by atoms with Gasteiger partial charge in [0.15, 0.2) is 0 Å². The summed E-state index contributed by atoms with van der Waals surface area (Å²) in [5.41, 5.74) is -0.828. The summed E-state index contributed by atoms with van der Waals surface area (Å²) in [5, 5.41) is 8.38. The Morgan fingerprint density at radius 2 is 2.20 bits per heavy atom. The van der Waals surface area contributed by atoms with Gasteiger partial charge in [-0.2, -0.15) is 13.2 Å². The molecule has 3 nitrogen and oxygen atoms in total. The third-order valence-electron chi connectivity index (χ3n) is 1.41. The van der Waals surface area contributed by atoms with Crippen LogP contribution in [0.15, 0.2) is 23.4 Å². The number of thioether (sulfide) groups is 1. The van der Waals surface area contributed by atoms with Crippen LogP contribution in [0.5, 0.6) is 0 Å². The summed E-state index contributed by atoms with van der Waals surface area (Å²) in [6, 6.07) is 1.67. The lowest BCUT2D eigenvalue weighted by atomic mass is 10.3. The van der Waals surface area contributed by atoms with Gasteiger partial charge in [-0.3, -0.25) is 4.79 Å². The number of carboxylic acid groups (broad SMARTS) is 1. The fourth-order valence-electron chi connectivity index (χ4n) is 0.800. The highest BCUT2D eigenvalue weighted by molar-refractivity contribution is 7.99. The van der Waals surface area contributed by atoms with Crippen LogP contribution in [0, 0.1) is 0 Å². The first-order valence-electron chi connectivity index (χ1n) is 3.77. The smallest absolute Gasteiger partial charge is 0.416 e. The van der Waals surface area contributed by atoms with Crippen molar-refractivity contribution in [2.75, 3.05) is 5.75 Å². The summed E-state index contributed by atoms with van der Waals surface area (Å²) in [6.07, 6.45) is -3.42. The number of pyridine rings is 1. The lowest BCUT2D eigenvalue weighted by molar-refractivity contribution is -0.138. The van der Waals surface area contributed by atoms with Crippen LogP contribution < -0.4 is 0 Å². The second-order valence-electron chi connectivity index (χ2n) is 2.56. The van der Waals surface area contributed by atoms with Gasteiger partial charge >= 0.3 is 12.1 Å². The number of carboxylic acids is 1. The SMILES string of the molecule is O=C(O)CSc1cc(C(F)(F)F)ccn1. The van der Waals surface area contributed by atoms with Crippen LogP contribution in [0.4, 0.5) is 13.2 Å². The monoisotopic (exact) mass is 237 g/mol. The Bertz CT molecular complexity index is 367. The standard InChI is InChI=1S/C8H6F3NO2S/c9-8(10,11)5-1-2-12-6(3-5)15-4-7(13)14/h1-3H,4H2,(H,13,14). The molecule has 0 aliphatic rings. The third kappa shape index (κ3) is 3.78. The third-order valence-corrected chi connectivity index (χ3v) is 2.32. The number of hydrogen-bond acceptors (Lipinski definition) is 3. The van der Waals surface area contributed by atoms with Gasteiger partial charge in [0.25, 0.3) is 0 Å². The molecular formula is C8H6F3NO2S. The highest BCUT2D eigenvalue weighted by Gasteiger charge is 2.30. The lowest BCUT2D eigenvalue weighted by Gasteiger charge is -2.06. The number of aromatic nitrogens is 1. The molecule has 82 valence electrons. The molecule has 1 N–H and O–H groups in total. The number of hydrogen-bond donors (Lipinski definition) is 1. The second kappa shape index (κ2) is 4.52. The van der Waals surface area contributed by atoms with Crippen molar-refractivity contribution in [3.05, 3.63) is 23.9 Å². The zero-order chi connectivity index (χ0) is 11.5. The maximum absolute atomic E-state index is 12.2. The number of carbonyl (C=O) groups is 1. The molecule has 0 saturated heterocycles. The number of nitrogens with zero attached hydrogens (tertiary/aromatic N) is 1. The molecular weight excluding hydrogens is 231 g/mol. The molecule has 7 heteroatoms. The van der Waals surface area contributed by atoms with Crippen molar-refractivity contribution in [3.8, 4) is 0 Å². The topological polar surface area (TPSA) is 50.2 Å². The highest BCUT2D eigenvalue weighted by atomic mass is 32.2. The number of rotatable bonds is 3. The maximum atomic E-state index is 12.2. The Morgan fingerprint density at radius 1 is 1.53 bits per heavy atom. The zero-order valence-electron chi connectivity index (χ0n) is 7.28. The van der Waals surface area contributed by atoms with E-state index in [-0.39, 0.29) is 10.8 Å². The van der Waals surface area contributed by atoms with Crippen LogP contribution in [-0.4, -0.2) is 21.8 Å². The van der Waals surface area contributed by atoms with Crippen molar-refractivity contribution >= 4 is 17.7 Å². The largest absolute Gasteiger partial charge is 0.481 e. The van der Waals surface area contributed by atoms with Crippen molar-refractivity contribution in [3.63, 3.8) is 0 Å². The molecule has 0 bridgehead atoms. The van der Waals surface area contributed by atoms with E-state index in [1.807, 2.05) is 0 Å². The van der Waals surface area contributed by atoms with E-state index in [2.05, 4.69) is 4.98 Å². The van der Waals surface area contributed by atoms with Gasteiger partial charge in [-0.25, -0.2) is 4.98 Å². The van der Waals surface area contributed by atoms with Gasteiger partial charge in [-0.15, -0.1) is 0 Å². The molecule has 1 rings (SSSR count). The molecule has 0 aliphatic heterocycles. The summed E-state index contributed by atoms with van der Waals surface area (Å²) >= 11 is 0.748. The van der Waals surface area contributed by atoms with E-state index >= 15 is 0 Å². The van der Waals surface area contributed by atoms with Gasteiger partial charge in [0.2, 0.25) is 0 Å². The first kappa shape index (κ1) is 11.8. The molecule has 0 amide bonds. The van der Waals surface area contributed by atoms with E-state index in [9.17, 15) is 18.0 Å². The van der Waals surface area contributed by atoms with Crippen LogP contribution in [0.25, 0.3) is 0 Å².